The second-order valence-electron chi connectivity index (χ2n) is 9.51. The van der Waals surface area contributed by atoms with Gasteiger partial charge in [0.1, 0.15) is 5.52 Å². The van der Waals surface area contributed by atoms with Crippen molar-refractivity contribution < 1.29 is 23.9 Å². The summed E-state index contributed by atoms with van der Waals surface area (Å²) in [4.78, 5) is 44.2. The number of nitrogens with zero attached hydrogens (tertiary/aromatic N) is 3. The van der Waals surface area contributed by atoms with Crippen molar-refractivity contribution >= 4 is 46.3 Å². The maximum Gasteiger partial charge on any atom is 0.308 e. The second-order valence-corrected chi connectivity index (χ2v) is 9.51. The number of nitrogens with one attached hydrogen (secondary N) is 1. The summed E-state index contributed by atoms with van der Waals surface area (Å²) in [5.74, 6) is -2.10. The van der Waals surface area contributed by atoms with Crippen molar-refractivity contribution in [2.45, 2.75) is 19.3 Å². The van der Waals surface area contributed by atoms with Crippen LogP contribution in [0.5, 0.6) is 0 Å². The summed E-state index contributed by atoms with van der Waals surface area (Å²) in [6, 6.07) is 22.8. The number of benzene rings is 3. The largest absolute Gasteiger partial charge is 0.481 e. The number of fused-ring (bicyclic) bond motifs is 1. The number of oxazole rings is 1. The van der Waals surface area contributed by atoms with E-state index in [1.807, 2.05) is 72.8 Å². The molecule has 9 heteroatoms. The van der Waals surface area contributed by atoms with E-state index in [9.17, 15) is 19.5 Å². The van der Waals surface area contributed by atoms with E-state index in [1.165, 1.54) is 6.92 Å². The van der Waals surface area contributed by atoms with E-state index in [2.05, 4.69) is 10.3 Å². The smallest absolute Gasteiger partial charge is 0.308 e. The molecule has 2 unspecified atom stereocenters. The van der Waals surface area contributed by atoms with Crippen LogP contribution in [-0.4, -0.2) is 52.9 Å². The van der Waals surface area contributed by atoms with Crippen molar-refractivity contribution in [1.29, 1.82) is 0 Å². The molecule has 1 fully saturated rings. The molecule has 38 heavy (non-hydrogen) atoms. The topological polar surface area (TPSA) is 116 Å². The number of hydrogen-bond acceptors (Lipinski definition) is 6. The molecule has 0 spiro atoms. The van der Waals surface area contributed by atoms with Crippen LogP contribution in [0.3, 0.4) is 0 Å². The molecule has 1 saturated heterocycles. The minimum absolute atomic E-state index is 0.105. The van der Waals surface area contributed by atoms with Gasteiger partial charge in [-0.1, -0.05) is 36.4 Å². The second kappa shape index (κ2) is 10.4. The molecule has 2 amide bonds. The average Bonchev–Trinajstić information content (AvgIpc) is 3.53. The molecule has 5 rings (SSSR count). The van der Waals surface area contributed by atoms with Gasteiger partial charge in [-0.2, -0.15) is 4.98 Å². The molecule has 2 N–H and O–H groups in total. The van der Waals surface area contributed by atoms with Crippen LogP contribution >= 0.6 is 0 Å². The number of carboxylic acids is 1. The predicted molar refractivity (Wildman–Crippen MR) is 143 cm³/mol. The monoisotopic (exact) mass is 512 g/mol. The van der Waals surface area contributed by atoms with E-state index in [0.29, 0.717) is 29.3 Å². The van der Waals surface area contributed by atoms with Gasteiger partial charge in [0.15, 0.2) is 5.58 Å². The number of aliphatic carboxylic acids is 1. The van der Waals surface area contributed by atoms with E-state index in [4.69, 9.17) is 4.42 Å². The Kier molecular flexibility index (Phi) is 6.83. The molecular formula is C29H28N4O5. The number of hydrogen-bond donors (Lipinski definition) is 2. The highest BCUT2D eigenvalue weighted by Gasteiger charge is 2.39. The van der Waals surface area contributed by atoms with Crippen LogP contribution in [0, 0.1) is 5.92 Å². The lowest BCUT2D eigenvalue weighted by Gasteiger charge is -2.20. The first-order chi connectivity index (χ1) is 18.3. The first-order valence-electron chi connectivity index (χ1n) is 12.3. The zero-order chi connectivity index (χ0) is 26.8. The van der Waals surface area contributed by atoms with Crippen LogP contribution in [0.1, 0.15) is 24.0 Å². The molecule has 1 aromatic heterocycles. The van der Waals surface area contributed by atoms with Crippen molar-refractivity contribution in [2.24, 2.45) is 5.92 Å². The normalized spacial score (nSPS) is 16.9. The number of para-hydroxylation sites is 1. The van der Waals surface area contributed by atoms with E-state index >= 15 is 0 Å². The van der Waals surface area contributed by atoms with Gasteiger partial charge >= 0.3 is 5.97 Å². The summed E-state index contributed by atoms with van der Waals surface area (Å²) >= 11 is 0. The van der Waals surface area contributed by atoms with Gasteiger partial charge in [-0.15, -0.1) is 0 Å². The van der Waals surface area contributed by atoms with Crippen LogP contribution in [0.25, 0.3) is 11.1 Å². The molecular weight excluding hydrogens is 484 g/mol. The van der Waals surface area contributed by atoms with Crippen molar-refractivity contribution in [1.82, 2.24) is 9.88 Å². The lowest BCUT2D eigenvalue weighted by Crippen LogP contribution is -2.28. The van der Waals surface area contributed by atoms with Gasteiger partial charge in [-0.05, 0) is 47.5 Å². The first kappa shape index (κ1) is 25.0. The fourth-order valence-corrected chi connectivity index (χ4v) is 4.81. The molecule has 9 nitrogen and oxygen atoms in total. The van der Waals surface area contributed by atoms with Crippen LogP contribution in [0.15, 0.2) is 77.2 Å². The van der Waals surface area contributed by atoms with Crippen LogP contribution in [-0.2, 0) is 20.8 Å². The zero-order valence-corrected chi connectivity index (χ0v) is 21.1. The minimum Gasteiger partial charge on any atom is -0.481 e. The zero-order valence-electron chi connectivity index (χ0n) is 21.1. The Morgan fingerprint density at radius 3 is 2.47 bits per heavy atom. The van der Waals surface area contributed by atoms with Gasteiger partial charge in [-0.3, -0.25) is 14.4 Å². The fourth-order valence-electron chi connectivity index (χ4n) is 4.81. The Morgan fingerprint density at radius 1 is 1.05 bits per heavy atom. The van der Waals surface area contributed by atoms with Crippen molar-refractivity contribution in [2.75, 3.05) is 30.4 Å². The highest BCUT2D eigenvalue weighted by Crippen LogP contribution is 2.34. The number of amides is 2. The Hall–Kier alpha value is -4.66. The summed E-state index contributed by atoms with van der Waals surface area (Å²) in [6.07, 6.45) is 0.174. The summed E-state index contributed by atoms with van der Waals surface area (Å²) in [5, 5.41) is 12.8. The SMILES string of the molecule is CC(=O)N1CC(C(=O)O)C(c2ccc(N(C)C(=O)Cc3ccc4nc(Nc5ccccc5)oc4c3)cc2)C1. The molecule has 1 aliphatic heterocycles. The number of anilines is 3. The fraction of sp³-hybridized carbons (Fsp3) is 0.241. The van der Waals surface area contributed by atoms with Gasteiger partial charge in [-0.25, -0.2) is 0 Å². The maximum absolute atomic E-state index is 13.0. The summed E-state index contributed by atoms with van der Waals surface area (Å²) in [7, 11) is 1.71. The third-order valence-electron chi connectivity index (χ3n) is 7.00. The van der Waals surface area contributed by atoms with Crippen LogP contribution in [0.4, 0.5) is 17.4 Å². The van der Waals surface area contributed by atoms with Gasteiger partial charge in [0.2, 0.25) is 11.8 Å². The number of rotatable bonds is 7. The van der Waals surface area contributed by atoms with Crippen molar-refractivity contribution in [3.63, 3.8) is 0 Å². The number of carboxylic acid groups (broad SMARTS) is 1. The molecule has 2 atom stereocenters. The quantitative estimate of drug-likeness (QED) is 0.376. The molecule has 0 radical (unpaired) electrons. The Balaban J connectivity index is 1.26. The lowest BCUT2D eigenvalue weighted by atomic mass is 9.89. The third kappa shape index (κ3) is 5.22. The van der Waals surface area contributed by atoms with Gasteiger partial charge in [0.25, 0.3) is 6.01 Å². The Morgan fingerprint density at radius 2 is 1.79 bits per heavy atom. The number of likely N-dealkylation sites (tertiary alicyclic amines) is 1. The van der Waals surface area contributed by atoms with E-state index < -0.39 is 11.9 Å². The van der Waals surface area contributed by atoms with Crippen LogP contribution < -0.4 is 10.2 Å². The Labute approximate surface area is 219 Å². The number of aromatic nitrogens is 1. The van der Waals surface area contributed by atoms with Crippen molar-refractivity contribution in [3.8, 4) is 0 Å². The molecule has 1 aliphatic rings. The first-order valence-corrected chi connectivity index (χ1v) is 12.3. The maximum atomic E-state index is 13.0. The lowest BCUT2D eigenvalue weighted by molar-refractivity contribution is -0.141. The molecule has 4 aromatic rings. The minimum atomic E-state index is -0.915. The summed E-state index contributed by atoms with van der Waals surface area (Å²) in [6.45, 7) is 2.02. The average molecular weight is 513 g/mol. The van der Waals surface area contributed by atoms with Gasteiger partial charge < -0.3 is 24.6 Å². The molecule has 0 bridgehead atoms. The van der Waals surface area contributed by atoms with Crippen LogP contribution in [0.2, 0.25) is 0 Å². The Bertz CT molecular complexity index is 1480. The summed E-state index contributed by atoms with van der Waals surface area (Å²) < 4.78 is 5.84. The van der Waals surface area contributed by atoms with E-state index in [1.54, 1.807) is 16.8 Å². The number of likely N-dealkylation sites (N-methyl/N-ethyl adjacent to an activating group) is 1. The predicted octanol–water partition coefficient (Wildman–Crippen LogP) is 4.42. The van der Waals surface area contributed by atoms with Crippen molar-refractivity contribution in [3.05, 3.63) is 83.9 Å². The van der Waals surface area contributed by atoms with Gasteiger partial charge in [0.05, 0.1) is 12.3 Å². The molecule has 194 valence electrons. The molecule has 2 heterocycles. The molecule has 0 saturated carbocycles. The van der Waals surface area contributed by atoms with E-state index in [-0.39, 0.29) is 30.7 Å². The molecule has 3 aromatic carbocycles. The standard InChI is InChI=1S/C29H28N4O5/c1-18(34)33-16-23(24(17-33)28(36)37)20-9-11-22(12-10-20)32(2)27(35)15-19-8-13-25-26(14-19)38-29(31-25)30-21-6-4-3-5-7-21/h3-14,23-24H,15-17H2,1-2H3,(H,30,31)(H,36,37). The number of carbonyl (C=O) groups is 3. The van der Waals surface area contributed by atoms with Gasteiger partial charge in [0, 0.05) is 44.4 Å². The summed E-state index contributed by atoms with van der Waals surface area (Å²) in [5.41, 5.74) is 4.48. The highest BCUT2D eigenvalue weighted by atomic mass is 16.4. The third-order valence-corrected chi connectivity index (χ3v) is 7.00. The molecule has 0 aliphatic carbocycles. The van der Waals surface area contributed by atoms with E-state index in [0.717, 1.165) is 16.8 Å². The number of carbonyl (C=O) groups excluding carboxylic acids is 2. The highest BCUT2D eigenvalue weighted by molar-refractivity contribution is 5.94.